The Balaban J connectivity index is 1.34. The normalized spacial score (nSPS) is 19.6. The van der Waals surface area contributed by atoms with Crippen LogP contribution >= 0.6 is 11.3 Å². The minimum absolute atomic E-state index is 0.0749. The first-order valence-corrected chi connectivity index (χ1v) is 9.96. The molecule has 0 aliphatic carbocycles. The van der Waals surface area contributed by atoms with Crippen LogP contribution < -0.4 is 4.74 Å². The van der Waals surface area contributed by atoms with Gasteiger partial charge in [-0.2, -0.15) is 0 Å². The molecule has 2 aromatic heterocycles. The fourth-order valence-electron chi connectivity index (χ4n) is 3.46. The van der Waals surface area contributed by atoms with Crippen LogP contribution in [0.5, 0.6) is 5.75 Å². The number of benzene rings is 1. The lowest BCUT2D eigenvalue weighted by Gasteiger charge is -2.35. The monoisotopic (exact) mass is 399 g/mol. The summed E-state index contributed by atoms with van der Waals surface area (Å²) in [4.78, 5) is 15.4. The molecule has 1 aliphatic heterocycles. The summed E-state index contributed by atoms with van der Waals surface area (Å²) < 4.78 is 7.18. The van der Waals surface area contributed by atoms with Gasteiger partial charge in [-0.15, -0.1) is 16.4 Å². The van der Waals surface area contributed by atoms with Gasteiger partial charge in [0.05, 0.1) is 11.8 Å². The van der Waals surface area contributed by atoms with E-state index in [-0.39, 0.29) is 18.4 Å². The van der Waals surface area contributed by atoms with Crippen LogP contribution in [0.2, 0.25) is 0 Å². The maximum atomic E-state index is 12.5. The first-order valence-electron chi connectivity index (χ1n) is 9.08. The van der Waals surface area contributed by atoms with E-state index in [2.05, 4.69) is 28.5 Å². The van der Waals surface area contributed by atoms with Gasteiger partial charge in [-0.05, 0) is 52.9 Å². The van der Waals surface area contributed by atoms with Gasteiger partial charge in [0.2, 0.25) is 0 Å². The number of aromatic nitrogens is 4. The van der Waals surface area contributed by atoms with Gasteiger partial charge in [0, 0.05) is 30.0 Å². The van der Waals surface area contributed by atoms with Gasteiger partial charge >= 0.3 is 0 Å². The number of thiophene rings is 1. The van der Waals surface area contributed by atoms with E-state index in [1.807, 2.05) is 17.5 Å². The molecule has 9 heteroatoms. The Morgan fingerprint density at radius 1 is 1.39 bits per heavy atom. The highest BCUT2D eigenvalue weighted by Crippen LogP contribution is 2.34. The third-order valence-electron chi connectivity index (χ3n) is 4.97. The smallest absolute Gasteiger partial charge is 0.260 e. The summed E-state index contributed by atoms with van der Waals surface area (Å²) in [7, 11) is 0. The molecule has 1 aliphatic rings. The minimum atomic E-state index is -0.557. The predicted octanol–water partition coefficient (Wildman–Crippen LogP) is 1.79. The molecule has 2 atom stereocenters. The van der Waals surface area contributed by atoms with Crippen LogP contribution in [0.3, 0.4) is 0 Å². The topological polar surface area (TPSA) is 93.4 Å². The number of carbonyl (C=O) groups is 1. The van der Waals surface area contributed by atoms with Crippen molar-refractivity contribution >= 4 is 17.2 Å². The second-order valence-corrected chi connectivity index (χ2v) is 7.76. The first kappa shape index (κ1) is 18.6. The van der Waals surface area contributed by atoms with Crippen LogP contribution in [0.25, 0.3) is 5.69 Å². The molecule has 146 valence electrons. The van der Waals surface area contributed by atoms with Crippen LogP contribution in [0.1, 0.15) is 22.8 Å². The molecule has 0 unspecified atom stereocenters. The zero-order valence-electron chi connectivity index (χ0n) is 15.4. The maximum absolute atomic E-state index is 12.5. The highest BCUT2D eigenvalue weighted by atomic mass is 32.1. The van der Waals surface area contributed by atoms with Gasteiger partial charge in [0.1, 0.15) is 12.1 Å². The largest absolute Gasteiger partial charge is 0.484 e. The van der Waals surface area contributed by atoms with Crippen LogP contribution in [-0.4, -0.2) is 61.9 Å². The average Bonchev–Trinajstić information content (AvgIpc) is 3.38. The Hall–Kier alpha value is -2.78. The molecular formula is C19H21N5O3S. The lowest BCUT2D eigenvalue weighted by molar-refractivity contribution is -0.136. The minimum Gasteiger partial charge on any atom is -0.484 e. The highest BCUT2D eigenvalue weighted by Gasteiger charge is 2.32. The number of hydrogen-bond acceptors (Lipinski definition) is 7. The molecule has 3 heterocycles. The number of aliphatic hydroxyl groups is 1. The standard InChI is InChI=1S/C19H21N5O3S/c1-13-6-8-28-19(13)16-5-7-23(10-17(16)25)18(26)11-27-15-4-2-3-14(9-15)24-12-20-21-22-24/h2-4,6,8-9,12,16-17,25H,5,7,10-11H2,1H3/t16-,17-/m1/s1. The van der Waals surface area contributed by atoms with E-state index >= 15 is 0 Å². The highest BCUT2D eigenvalue weighted by molar-refractivity contribution is 7.10. The SMILES string of the molecule is Cc1ccsc1[C@@H]1CCN(C(=O)COc2cccc(-n3cnnn3)c2)C[C@H]1O. The lowest BCUT2D eigenvalue weighted by atomic mass is 9.90. The molecule has 0 saturated carbocycles. The number of likely N-dealkylation sites (tertiary alicyclic amines) is 1. The third kappa shape index (κ3) is 3.90. The summed E-state index contributed by atoms with van der Waals surface area (Å²) in [6.07, 6.45) is 1.69. The molecule has 28 heavy (non-hydrogen) atoms. The zero-order valence-corrected chi connectivity index (χ0v) is 16.2. The van der Waals surface area contributed by atoms with Gasteiger partial charge in [0.25, 0.3) is 5.91 Å². The number of tetrazole rings is 1. The number of amides is 1. The number of aliphatic hydroxyl groups excluding tert-OH is 1. The van der Waals surface area contributed by atoms with Gasteiger partial charge < -0.3 is 14.7 Å². The number of ether oxygens (including phenoxy) is 1. The second kappa shape index (κ2) is 8.07. The summed E-state index contributed by atoms with van der Waals surface area (Å²) in [5.41, 5.74) is 1.96. The Labute approximate surface area is 166 Å². The molecule has 1 amide bonds. The lowest BCUT2D eigenvalue weighted by Crippen LogP contribution is -2.47. The number of carbonyl (C=O) groups excluding carboxylic acids is 1. The molecule has 1 aromatic carbocycles. The number of piperidine rings is 1. The van der Waals surface area contributed by atoms with E-state index in [4.69, 9.17) is 4.74 Å². The Bertz CT molecular complexity index is 943. The van der Waals surface area contributed by atoms with Gasteiger partial charge in [0.15, 0.2) is 6.61 Å². The van der Waals surface area contributed by atoms with Gasteiger partial charge in [-0.1, -0.05) is 6.07 Å². The second-order valence-electron chi connectivity index (χ2n) is 6.81. The average molecular weight is 399 g/mol. The molecule has 3 aromatic rings. The van der Waals surface area contributed by atoms with Crippen molar-refractivity contribution < 1.29 is 14.6 Å². The molecule has 1 fully saturated rings. The van der Waals surface area contributed by atoms with E-state index in [1.54, 1.807) is 28.4 Å². The molecule has 1 N–H and O–H groups in total. The summed E-state index contributed by atoms with van der Waals surface area (Å²) in [6.45, 7) is 2.93. The first-order chi connectivity index (χ1) is 13.6. The fraction of sp³-hybridized carbons (Fsp3) is 0.368. The van der Waals surface area contributed by atoms with E-state index in [0.717, 1.165) is 12.1 Å². The van der Waals surface area contributed by atoms with Crippen LogP contribution in [0, 0.1) is 6.92 Å². The van der Waals surface area contributed by atoms with Gasteiger partial charge in [-0.25, -0.2) is 4.68 Å². The van der Waals surface area contributed by atoms with Gasteiger partial charge in [-0.3, -0.25) is 4.79 Å². The Morgan fingerprint density at radius 2 is 2.29 bits per heavy atom. The molecule has 0 spiro atoms. The van der Waals surface area contributed by atoms with Crippen LogP contribution in [-0.2, 0) is 4.79 Å². The van der Waals surface area contributed by atoms with Crippen LogP contribution in [0.15, 0.2) is 42.0 Å². The van der Waals surface area contributed by atoms with Crippen molar-refractivity contribution in [3.8, 4) is 11.4 Å². The molecule has 8 nitrogen and oxygen atoms in total. The van der Waals surface area contributed by atoms with Crippen molar-refractivity contribution in [2.45, 2.75) is 25.4 Å². The number of β-amino-alcohol motifs (C(OH)–C–C–N with tert-alkyl or cyclic N) is 1. The van der Waals surface area contributed by atoms with Crippen molar-refractivity contribution in [3.63, 3.8) is 0 Å². The van der Waals surface area contributed by atoms with Crippen molar-refractivity contribution in [3.05, 3.63) is 52.5 Å². The Kier molecular flexibility index (Phi) is 5.36. The molecule has 4 rings (SSSR count). The summed E-state index contributed by atoms with van der Waals surface area (Å²) in [5, 5.41) is 23.7. The summed E-state index contributed by atoms with van der Waals surface area (Å²) in [5.74, 6) is 0.525. The van der Waals surface area contributed by atoms with E-state index in [1.165, 1.54) is 21.4 Å². The fourth-order valence-corrected chi connectivity index (χ4v) is 4.58. The van der Waals surface area contributed by atoms with Crippen molar-refractivity contribution in [1.29, 1.82) is 0 Å². The third-order valence-corrected chi connectivity index (χ3v) is 6.12. The van der Waals surface area contributed by atoms with Crippen LogP contribution in [0.4, 0.5) is 0 Å². The predicted molar refractivity (Wildman–Crippen MR) is 104 cm³/mol. The van der Waals surface area contributed by atoms with Crippen molar-refractivity contribution in [2.75, 3.05) is 19.7 Å². The summed E-state index contributed by atoms with van der Waals surface area (Å²) in [6, 6.07) is 9.28. The van der Waals surface area contributed by atoms with Crippen molar-refractivity contribution in [1.82, 2.24) is 25.1 Å². The number of aryl methyl sites for hydroxylation is 1. The molecule has 0 radical (unpaired) electrons. The van der Waals surface area contributed by atoms with E-state index < -0.39 is 6.10 Å². The number of hydrogen-bond donors (Lipinski definition) is 1. The zero-order chi connectivity index (χ0) is 19.5. The summed E-state index contributed by atoms with van der Waals surface area (Å²) >= 11 is 1.67. The Morgan fingerprint density at radius 3 is 3.00 bits per heavy atom. The number of nitrogens with zero attached hydrogens (tertiary/aromatic N) is 5. The maximum Gasteiger partial charge on any atom is 0.260 e. The number of rotatable bonds is 5. The molecular weight excluding hydrogens is 378 g/mol. The molecule has 0 bridgehead atoms. The quantitative estimate of drug-likeness (QED) is 0.703. The van der Waals surface area contributed by atoms with E-state index in [0.29, 0.717) is 18.8 Å². The molecule has 1 saturated heterocycles. The van der Waals surface area contributed by atoms with Crippen molar-refractivity contribution in [2.24, 2.45) is 0 Å². The van der Waals surface area contributed by atoms with E-state index in [9.17, 15) is 9.90 Å².